The van der Waals surface area contributed by atoms with E-state index in [-0.39, 0.29) is 24.5 Å². The first-order valence-electron chi connectivity index (χ1n) is 10.9. The van der Waals surface area contributed by atoms with E-state index in [0.717, 1.165) is 11.1 Å². The van der Waals surface area contributed by atoms with Crippen LogP contribution >= 0.6 is 22.6 Å². The highest BCUT2D eigenvalue weighted by atomic mass is 127. The molecule has 0 atom stereocenters. The Labute approximate surface area is 221 Å². The van der Waals surface area contributed by atoms with Gasteiger partial charge in [-0.3, -0.25) is 19.8 Å². The molecule has 0 aromatic heterocycles. The molecule has 1 fully saturated rings. The highest BCUT2D eigenvalue weighted by Gasteiger charge is 2.33. The van der Waals surface area contributed by atoms with Crippen LogP contribution in [0.3, 0.4) is 0 Å². The number of nitrogens with zero attached hydrogens (tertiary/aromatic N) is 2. The van der Waals surface area contributed by atoms with Crippen LogP contribution in [0.2, 0.25) is 0 Å². The third-order valence-electron chi connectivity index (χ3n) is 5.45. The van der Waals surface area contributed by atoms with Gasteiger partial charge in [0.1, 0.15) is 12.3 Å². The summed E-state index contributed by atoms with van der Waals surface area (Å²) < 4.78 is 12.1. The SMILES string of the molecule is COc1cc(/C=C2/NC(=O)N(Cc3cccc(C)c3)C2=O)cc(I)c1OCc1cccc([N+](=O)[O-])c1. The summed E-state index contributed by atoms with van der Waals surface area (Å²) in [4.78, 5) is 37.1. The van der Waals surface area contributed by atoms with Crippen molar-refractivity contribution in [3.05, 3.63) is 102 Å². The second kappa shape index (κ2) is 10.8. The molecule has 0 saturated carbocycles. The molecule has 0 aliphatic carbocycles. The summed E-state index contributed by atoms with van der Waals surface area (Å²) in [5, 5.41) is 13.7. The van der Waals surface area contributed by atoms with Gasteiger partial charge in [0.2, 0.25) is 0 Å². The molecule has 1 saturated heterocycles. The number of hydrogen-bond acceptors (Lipinski definition) is 6. The van der Waals surface area contributed by atoms with E-state index in [4.69, 9.17) is 9.47 Å². The number of carbonyl (C=O) groups is 2. The van der Waals surface area contributed by atoms with Crippen molar-refractivity contribution in [1.82, 2.24) is 10.2 Å². The average molecular weight is 599 g/mol. The minimum atomic E-state index is -0.480. The molecule has 0 spiro atoms. The van der Waals surface area contributed by atoms with Gasteiger partial charge < -0.3 is 14.8 Å². The number of aryl methyl sites for hydroxylation is 1. The number of nitrogens with one attached hydrogen (secondary N) is 1. The molecule has 9 nitrogen and oxygen atoms in total. The zero-order valence-electron chi connectivity index (χ0n) is 19.5. The Morgan fingerprint density at radius 2 is 1.83 bits per heavy atom. The molecule has 3 aromatic carbocycles. The van der Waals surface area contributed by atoms with E-state index >= 15 is 0 Å². The smallest absolute Gasteiger partial charge is 0.329 e. The van der Waals surface area contributed by atoms with E-state index in [2.05, 4.69) is 27.9 Å². The van der Waals surface area contributed by atoms with Gasteiger partial charge >= 0.3 is 6.03 Å². The second-order valence-corrected chi connectivity index (χ2v) is 9.28. The van der Waals surface area contributed by atoms with Gasteiger partial charge in [0.05, 0.1) is 22.1 Å². The lowest BCUT2D eigenvalue weighted by atomic mass is 10.1. The van der Waals surface area contributed by atoms with E-state index in [1.807, 2.05) is 31.2 Å². The molecule has 3 aromatic rings. The molecular formula is C26H22IN3O6. The minimum Gasteiger partial charge on any atom is -0.493 e. The summed E-state index contributed by atoms with van der Waals surface area (Å²) in [6.45, 7) is 2.23. The summed E-state index contributed by atoms with van der Waals surface area (Å²) in [6.07, 6.45) is 1.59. The Morgan fingerprint density at radius 3 is 2.56 bits per heavy atom. The van der Waals surface area contributed by atoms with Gasteiger partial charge in [-0.05, 0) is 64.4 Å². The number of non-ortho nitro benzene ring substituents is 1. The molecule has 0 bridgehead atoms. The van der Waals surface area contributed by atoms with Gasteiger partial charge in [0.25, 0.3) is 11.6 Å². The Balaban J connectivity index is 1.53. The monoisotopic (exact) mass is 599 g/mol. The Kier molecular flexibility index (Phi) is 7.53. The van der Waals surface area contributed by atoms with Crippen LogP contribution in [0.25, 0.3) is 6.08 Å². The molecule has 1 aliphatic rings. The lowest BCUT2D eigenvalue weighted by Gasteiger charge is -2.14. The molecule has 10 heteroatoms. The summed E-state index contributed by atoms with van der Waals surface area (Å²) in [7, 11) is 1.49. The van der Waals surface area contributed by atoms with Crippen molar-refractivity contribution in [1.29, 1.82) is 0 Å². The first-order valence-corrected chi connectivity index (χ1v) is 12.0. The van der Waals surface area contributed by atoms with Crippen LogP contribution in [0.5, 0.6) is 11.5 Å². The van der Waals surface area contributed by atoms with Gasteiger partial charge in [-0.25, -0.2) is 4.79 Å². The number of benzene rings is 3. The quantitative estimate of drug-likeness (QED) is 0.126. The highest BCUT2D eigenvalue weighted by Crippen LogP contribution is 2.35. The number of nitro groups is 1. The fourth-order valence-electron chi connectivity index (χ4n) is 3.75. The van der Waals surface area contributed by atoms with Crippen LogP contribution in [0, 0.1) is 20.6 Å². The van der Waals surface area contributed by atoms with Gasteiger partial charge in [0.15, 0.2) is 11.5 Å². The third-order valence-corrected chi connectivity index (χ3v) is 6.25. The number of halogens is 1. The molecule has 184 valence electrons. The standard InChI is InChI=1S/C26H22IN3O6/c1-16-5-3-6-17(9-16)14-29-25(31)22(28-26(29)32)12-19-11-21(27)24(23(13-19)35-2)36-15-18-7-4-8-20(10-18)30(33)34/h3-13H,14-15H2,1-2H3,(H,28,32)/b22-12+. The number of hydrogen-bond donors (Lipinski definition) is 1. The molecule has 1 aliphatic heterocycles. The highest BCUT2D eigenvalue weighted by molar-refractivity contribution is 14.1. The van der Waals surface area contributed by atoms with Crippen molar-refractivity contribution < 1.29 is 24.0 Å². The van der Waals surface area contributed by atoms with Crippen LogP contribution in [0.15, 0.2) is 66.4 Å². The first-order chi connectivity index (χ1) is 17.2. The van der Waals surface area contributed by atoms with Gasteiger partial charge in [-0.1, -0.05) is 42.0 Å². The number of ether oxygens (including phenoxy) is 2. The minimum absolute atomic E-state index is 0.0144. The third kappa shape index (κ3) is 5.65. The number of amides is 3. The number of carbonyl (C=O) groups excluding carboxylic acids is 2. The van der Waals surface area contributed by atoms with Crippen molar-refractivity contribution in [2.75, 3.05) is 7.11 Å². The fraction of sp³-hybridized carbons (Fsp3) is 0.154. The van der Waals surface area contributed by atoms with E-state index < -0.39 is 16.9 Å². The molecule has 0 unspecified atom stereocenters. The van der Waals surface area contributed by atoms with Crippen molar-refractivity contribution >= 4 is 46.3 Å². The second-order valence-electron chi connectivity index (χ2n) is 8.12. The maximum Gasteiger partial charge on any atom is 0.329 e. The van der Waals surface area contributed by atoms with Crippen molar-refractivity contribution in [2.45, 2.75) is 20.1 Å². The van der Waals surface area contributed by atoms with Crippen LogP contribution in [-0.2, 0) is 17.9 Å². The Bertz CT molecular complexity index is 1390. The Hall–Kier alpha value is -3.93. The molecular weight excluding hydrogens is 577 g/mol. The zero-order chi connectivity index (χ0) is 25.8. The maximum absolute atomic E-state index is 12.9. The summed E-state index contributed by atoms with van der Waals surface area (Å²) >= 11 is 2.09. The number of nitro benzene ring substituents is 1. The van der Waals surface area contributed by atoms with Crippen LogP contribution in [-0.4, -0.2) is 28.9 Å². The van der Waals surface area contributed by atoms with E-state index in [1.165, 1.54) is 24.1 Å². The van der Waals surface area contributed by atoms with Crippen LogP contribution in [0.4, 0.5) is 10.5 Å². The topological polar surface area (TPSA) is 111 Å². The number of methoxy groups -OCH3 is 1. The van der Waals surface area contributed by atoms with Crippen molar-refractivity contribution in [3.8, 4) is 11.5 Å². The summed E-state index contributed by atoms with van der Waals surface area (Å²) in [5.41, 5.74) is 3.34. The molecule has 3 amide bonds. The van der Waals surface area contributed by atoms with E-state index in [1.54, 1.807) is 30.3 Å². The Morgan fingerprint density at radius 1 is 1.08 bits per heavy atom. The molecule has 1 heterocycles. The molecule has 4 rings (SSSR count). The number of urea groups is 1. The summed E-state index contributed by atoms with van der Waals surface area (Å²) in [5.74, 6) is 0.476. The average Bonchev–Trinajstić information content (AvgIpc) is 3.10. The van der Waals surface area contributed by atoms with E-state index in [9.17, 15) is 19.7 Å². The lowest BCUT2D eigenvalue weighted by molar-refractivity contribution is -0.384. The normalized spacial score (nSPS) is 14.2. The predicted octanol–water partition coefficient (Wildman–Crippen LogP) is 5.19. The number of rotatable bonds is 8. The van der Waals surface area contributed by atoms with Gasteiger partial charge in [-0.15, -0.1) is 0 Å². The predicted molar refractivity (Wildman–Crippen MR) is 141 cm³/mol. The fourth-order valence-corrected chi connectivity index (χ4v) is 4.53. The molecule has 1 N–H and O–H groups in total. The largest absolute Gasteiger partial charge is 0.493 e. The van der Waals surface area contributed by atoms with E-state index in [0.29, 0.717) is 26.2 Å². The van der Waals surface area contributed by atoms with Gasteiger partial charge in [-0.2, -0.15) is 0 Å². The lowest BCUT2D eigenvalue weighted by Crippen LogP contribution is -2.30. The van der Waals surface area contributed by atoms with Crippen LogP contribution in [0.1, 0.15) is 22.3 Å². The maximum atomic E-state index is 12.9. The molecule has 0 radical (unpaired) electrons. The van der Waals surface area contributed by atoms with Crippen molar-refractivity contribution in [2.24, 2.45) is 0 Å². The first kappa shape index (κ1) is 25.2. The zero-order valence-corrected chi connectivity index (χ0v) is 21.6. The van der Waals surface area contributed by atoms with Gasteiger partial charge in [0, 0.05) is 12.1 Å². The van der Waals surface area contributed by atoms with Crippen molar-refractivity contribution in [3.63, 3.8) is 0 Å². The summed E-state index contributed by atoms with van der Waals surface area (Å²) in [6, 6.07) is 16.9. The molecule has 36 heavy (non-hydrogen) atoms. The number of imide groups is 1. The van der Waals surface area contributed by atoms with Crippen LogP contribution < -0.4 is 14.8 Å².